The summed E-state index contributed by atoms with van der Waals surface area (Å²) in [5, 5.41) is 0. The molecule has 3 heterocycles. The van der Waals surface area contributed by atoms with Crippen molar-refractivity contribution in [3.8, 4) is 0 Å². The molecule has 3 aromatic rings. The van der Waals surface area contributed by atoms with E-state index < -0.39 is 23.8 Å². The van der Waals surface area contributed by atoms with Crippen LogP contribution in [0.5, 0.6) is 0 Å². The molecule has 1 aromatic carbocycles. The van der Waals surface area contributed by atoms with Gasteiger partial charge < -0.3 is 14.2 Å². The zero-order chi connectivity index (χ0) is 19.3. The molecule has 0 saturated heterocycles. The normalized spacial score (nSPS) is 13.2. The summed E-state index contributed by atoms with van der Waals surface area (Å²) in [6, 6.07) is 5.94. The number of methoxy groups -OCH3 is 1. The number of hydrogen-bond acceptors (Lipinski definition) is 6. The molecule has 0 amide bonds. The summed E-state index contributed by atoms with van der Waals surface area (Å²) in [4.78, 5) is 43.2. The summed E-state index contributed by atoms with van der Waals surface area (Å²) in [6.45, 7) is 0.540. The van der Waals surface area contributed by atoms with Crippen molar-refractivity contribution in [3.63, 3.8) is 0 Å². The zero-order valence-corrected chi connectivity index (χ0v) is 14.7. The lowest BCUT2D eigenvalue weighted by molar-refractivity contribution is -0.141. The van der Waals surface area contributed by atoms with E-state index in [-0.39, 0.29) is 17.0 Å². The SMILES string of the molecule is COC(=O)Cn1c(=O)c2c(nc3n2CCN3c2ccc(F)cc2)n(C)c1=O. The fraction of sp³-hybridized carbons (Fsp3) is 0.294. The van der Waals surface area contributed by atoms with Crippen molar-refractivity contribution in [2.45, 2.75) is 13.1 Å². The molecular weight excluding hydrogens is 357 g/mol. The zero-order valence-electron chi connectivity index (χ0n) is 14.7. The molecule has 1 aliphatic heterocycles. The third-order valence-corrected chi connectivity index (χ3v) is 4.65. The highest BCUT2D eigenvalue weighted by atomic mass is 19.1. The second kappa shape index (κ2) is 6.08. The Morgan fingerprint density at radius 2 is 1.93 bits per heavy atom. The number of benzene rings is 1. The van der Waals surface area contributed by atoms with Crippen molar-refractivity contribution < 1.29 is 13.9 Å². The number of imidazole rings is 1. The first kappa shape index (κ1) is 17.0. The van der Waals surface area contributed by atoms with E-state index in [0.29, 0.717) is 19.0 Å². The minimum atomic E-state index is -0.692. The van der Waals surface area contributed by atoms with E-state index >= 15 is 0 Å². The summed E-state index contributed by atoms with van der Waals surface area (Å²) in [6.07, 6.45) is 0. The fourth-order valence-corrected chi connectivity index (χ4v) is 3.28. The van der Waals surface area contributed by atoms with Crippen LogP contribution in [0.3, 0.4) is 0 Å². The molecule has 0 bridgehead atoms. The maximum Gasteiger partial charge on any atom is 0.333 e. The molecule has 0 saturated carbocycles. The molecule has 10 heteroatoms. The van der Waals surface area contributed by atoms with Gasteiger partial charge in [-0.15, -0.1) is 0 Å². The number of anilines is 2. The smallest absolute Gasteiger partial charge is 0.333 e. The predicted molar refractivity (Wildman–Crippen MR) is 94.7 cm³/mol. The van der Waals surface area contributed by atoms with Gasteiger partial charge in [0.05, 0.1) is 7.11 Å². The Balaban J connectivity index is 1.92. The number of fused-ring (bicyclic) bond motifs is 3. The van der Waals surface area contributed by atoms with Crippen LogP contribution in [0.25, 0.3) is 11.2 Å². The minimum absolute atomic E-state index is 0.230. The van der Waals surface area contributed by atoms with Gasteiger partial charge >= 0.3 is 11.7 Å². The standard InChI is InChI=1S/C17H16FN5O4/c1-20-14-13(15(25)23(17(20)26)9-12(24)27-2)22-8-7-21(16(22)19-14)11-5-3-10(18)4-6-11/h3-6H,7-9H2,1-2H3. The van der Waals surface area contributed by atoms with Crippen LogP contribution in [-0.2, 0) is 29.7 Å². The fourth-order valence-electron chi connectivity index (χ4n) is 3.28. The highest BCUT2D eigenvalue weighted by molar-refractivity contribution is 5.78. The third-order valence-electron chi connectivity index (χ3n) is 4.65. The molecule has 2 aromatic heterocycles. The molecule has 9 nitrogen and oxygen atoms in total. The average molecular weight is 373 g/mol. The number of carbonyl (C=O) groups excluding carboxylic acids is 1. The van der Waals surface area contributed by atoms with Gasteiger partial charge in [-0.25, -0.2) is 13.8 Å². The molecule has 0 spiro atoms. The quantitative estimate of drug-likeness (QED) is 0.616. The Labute approximate surface area is 151 Å². The number of esters is 1. The van der Waals surface area contributed by atoms with E-state index in [4.69, 9.17) is 0 Å². The van der Waals surface area contributed by atoms with Crippen molar-refractivity contribution in [1.82, 2.24) is 18.7 Å². The van der Waals surface area contributed by atoms with Crippen molar-refractivity contribution in [3.05, 3.63) is 50.9 Å². The first-order valence-corrected chi connectivity index (χ1v) is 8.22. The van der Waals surface area contributed by atoms with Crippen molar-refractivity contribution >= 4 is 28.8 Å². The maximum absolute atomic E-state index is 13.2. The second-order valence-electron chi connectivity index (χ2n) is 6.17. The van der Waals surface area contributed by atoms with Crippen molar-refractivity contribution in [1.29, 1.82) is 0 Å². The van der Waals surface area contributed by atoms with E-state index in [1.807, 2.05) is 4.90 Å². The molecule has 0 atom stereocenters. The van der Waals surface area contributed by atoms with Gasteiger partial charge in [0.1, 0.15) is 12.4 Å². The average Bonchev–Trinajstić information content (AvgIpc) is 3.23. The molecular formula is C17H16FN5O4. The van der Waals surface area contributed by atoms with Gasteiger partial charge in [-0.05, 0) is 24.3 Å². The molecule has 0 N–H and O–H groups in total. The molecule has 140 valence electrons. The molecule has 0 unspecified atom stereocenters. The van der Waals surface area contributed by atoms with Gasteiger partial charge in [-0.1, -0.05) is 0 Å². The van der Waals surface area contributed by atoms with Gasteiger partial charge in [0.2, 0.25) is 5.95 Å². The number of hydrogen-bond donors (Lipinski definition) is 0. The topological polar surface area (TPSA) is 91.4 Å². The number of aryl methyl sites for hydroxylation is 1. The predicted octanol–water partition coefficient (Wildman–Crippen LogP) is 0.360. The van der Waals surface area contributed by atoms with Gasteiger partial charge in [0.15, 0.2) is 11.2 Å². The summed E-state index contributed by atoms with van der Waals surface area (Å²) < 4.78 is 21.5. The molecule has 0 aliphatic carbocycles. The first-order chi connectivity index (χ1) is 12.9. The largest absolute Gasteiger partial charge is 0.468 e. The van der Waals surface area contributed by atoms with Crippen LogP contribution in [0.2, 0.25) is 0 Å². The number of ether oxygens (including phenoxy) is 1. The lowest BCUT2D eigenvalue weighted by Gasteiger charge is -2.15. The van der Waals surface area contributed by atoms with E-state index in [1.54, 1.807) is 16.7 Å². The Morgan fingerprint density at radius 1 is 1.22 bits per heavy atom. The van der Waals surface area contributed by atoms with Gasteiger partial charge in [-0.2, -0.15) is 4.98 Å². The number of carbonyl (C=O) groups is 1. The highest BCUT2D eigenvalue weighted by Crippen LogP contribution is 2.31. The lowest BCUT2D eigenvalue weighted by Crippen LogP contribution is -2.41. The number of rotatable bonds is 3. The molecule has 4 rings (SSSR count). The van der Waals surface area contributed by atoms with E-state index in [2.05, 4.69) is 9.72 Å². The van der Waals surface area contributed by atoms with Crippen molar-refractivity contribution in [2.75, 3.05) is 18.6 Å². The molecule has 0 radical (unpaired) electrons. The summed E-state index contributed by atoms with van der Waals surface area (Å²) in [5.74, 6) is -0.554. The highest BCUT2D eigenvalue weighted by Gasteiger charge is 2.29. The van der Waals surface area contributed by atoms with Crippen LogP contribution in [0.1, 0.15) is 0 Å². The Kier molecular flexibility index (Phi) is 3.83. The number of halogens is 1. The van der Waals surface area contributed by atoms with Gasteiger partial charge in [-0.3, -0.25) is 14.2 Å². The minimum Gasteiger partial charge on any atom is -0.468 e. The number of nitrogens with zero attached hydrogens (tertiary/aromatic N) is 5. The van der Waals surface area contributed by atoms with Crippen LogP contribution in [-0.4, -0.2) is 38.3 Å². The first-order valence-electron chi connectivity index (χ1n) is 8.22. The van der Waals surface area contributed by atoms with Crippen LogP contribution in [0, 0.1) is 5.82 Å². The molecule has 0 fully saturated rings. The van der Waals surface area contributed by atoms with Crippen molar-refractivity contribution in [2.24, 2.45) is 7.05 Å². The van der Waals surface area contributed by atoms with E-state index in [9.17, 15) is 18.8 Å². The summed E-state index contributed by atoms with van der Waals surface area (Å²) in [7, 11) is 2.68. The second-order valence-corrected chi connectivity index (χ2v) is 6.17. The van der Waals surface area contributed by atoms with Crippen LogP contribution in [0.15, 0.2) is 33.9 Å². The van der Waals surface area contributed by atoms with E-state index in [1.165, 1.54) is 30.9 Å². The monoisotopic (exact) mass is 373 g/mol. The number of aromatic nitrogens is 4. The third kappa shape index (κ3) is 2.52. The van der Waals surface area contributed by atoms with Gasteiger partial charge in [0, 0.05) is 25.8 Å². The summed E-state index contributed by atoms with van der Waals surface area (Å²) in [5.41, 5.74) is -0.0555. The van der Waals surface area contributed by atoms with Crippen LogP contribution >= 0.6 is 0 Å². The lowest BCUT2D eigenvalue weighted by atomic mass is 10.3. The Bertz CT molecular complexity index is 1180. The molecule has 1 aliphatic rings. The Morgan fingerprint density at radius 3 is 2.59 bits per heavy atom. The van der Waals surface area contributed by atoms with Gasteiger partial charge in [0.25, 0.3) is 5.56 Å². The van der Waals surface area contributed by atoms with Crippen LogP contribution in [0.4, 0.5) is 16.0 Å². The summed E-state index contributed by atoms with van der Waals surface area (Å²) >= 11 is 0. The Hall–Kier alpha value is -3.43. The maximum atomic E-state index is 13.2. The molecule has 27 heavy (non-hydrogen) atoms. The van der Waals surface area contributed by atoms with Crippen LogP contribution < -0.4 is 16.1 Å². The van der Waals surface area contributed by atoms with E-state index in [0.717, 1.165) is 10.3 Å².